The number of hydrogen-bond acceptors (Lipinski definition) is 2. The average molecular weight is 227 g/mol. The van der Waals surface area contributed by atoms with Crippen LogP contribution in [0.25, 0.3) is 0 Å². The second kappa shape index (κ2) is 3.63. The van der Waals surface area contributed by atoms with Crippen LogP contribution in [0.3, 0.4) is 0 Å². The van der Waals surface area contributed by atoms with Gasteiger partial charge in [-0.2, -0.15) is 13.2 Å². The number of rotatable bonds is 1. The first kappa shape index (κ1) is 11.7. The van der Waals surface area contributed by atoms with E-state index in [4.69, 9.17) is 5.11 Å². The predicted molar refractivity (Wildman–Crippen MR) is 40.6 cm³/mol. The van der Waals surface area contributed by atoms with Gasteiger partial charge in [-0.05, 0) is 6.92 Å². The molecule has 0 bridgehead atoms. The molecule has 1 rings (SSSR count). The molecule has 0 fully saturated rings. The number of pyridine rings is 1. The maximum absolute atomic E-state index is 12.3. The molecule has 0 aliphatic rings. The zero-order valence-electron chi connectivity index (χ0n) is 7.44. The van der Waals surface area contributed by atoms with Crippen molar-refractivity contribution in [2.45, 2.75) is 19.5 Å². The minimum absolute atomic E-state index is 0.504. The monoisotopic (exact) mass is 227 g/mol. The molecule has 1 heterocycles. The van der Waals surface area contributed by atoms with Crippen molar-refractivity contribution >= 4 is 0 Å². The fraction of sp³-hybridized carbons (Fsp3) is 0.375. The van der Waals surface area contributed by atoms with Crippen molar-refractivity contribution in [1.29, 1.82) is 0 Å². The van der Waals surface area contributed by atoms with Gasteiger partial charge in [-0.25, -0.2) is 13.8 Å². The Balaban J connectivity index is 3.47. The summed E-state index contributed by atoms with van der Waals surface area (Å²) in [5.41, 5.74) is -3.44. The molecule has 0 aliphatic heterocycles. The Kier molecular flexibility index (Phi) is 2.83. The van der Waals surface area contributed by atoms with Gasteiger partial charge in [0.05, 0.1) is 11.8 Å². The molecule has 0 radical (unpaired) electrons. The third kappa shape index (κ3) is 2.16. The van der Waals surface area contributed by atoms with E-state index >= 15 is 0 Å². The van der Waals surface area contributed by atoms with Gasteiger partial charge in [0.25, 0.3) is 6.43 Å². The van der Waals surface area contributed by atoms with Crippen LogP contribution in [0.2, 0.25) is 0 Å². The molecule has 15 heavy (non-hydrogen) atoms. The number of nitrogens with zero attached hydrogens (tertiary/aromatic N) is 1. The molecule has 1 N–H and O–H groups in total. The van der Waals surface area contributed by atoms with E-state index in [1.807, 2.05) is 0 Å². The topological polar surface area (TPSA) is 33.1 Å². The smallest absolute Gasteiger partial charge is 0.433 e. The summed E-state index contributed by atoms with van der Waals surface area (Å²) in [6, 6.07) is 0. The summed E-state index contributed by atoms with van der Waals surface area (Å²) in [7, 11) is 0. The Bertz CT molecular complexity index is 374. The highest BCUT2D eigenvalue weighted by Gasteiger charge is 2.39. The highest BCUT2D eigenvalue weighted by Crippen LogP contribution is 2.38. The minimum Gasteiger partial charge on any atom is -0.506 e. The van der Waals surface area contributed by atoms with Gasteiger partial charge in [-0.1, -0.05) is 0 Å². The quantitative estimate of drug-likeness (QED) is 0.748. The van der Waals surface area contributed by atoms with Crippen LogP contribution in [0, 0.1) is 6.92 Å². The normalized spacial score (nSPS) is 12.2. The second-order valence-electron chi connectivity index (χ2n) is 2.83. The molecule has 1 aromatic rings. The van der Waals surface area contributed by atoms with Gasteiger partial charge in [-0.15, -0.1) is 0 Å². The van der Waals surface area contributed by atoms with E-state index in [1.165, 1.54) is 0 Å². The van der Waals surface area contributed by atoms with E-state index in [0.717, 1.165) is 6.92 Å². The van der Waals surface area contributed by atoms with Gasteiger partial charge in [0.15, 0.2) is 5.69 Å². The highest BCUT2D eigenvalue weighted by atomic mass is 19.4. The van der Waals surface area contributed by atoms with Crippen LogP contribution in [-0.2, 0) is 6.18 Å². The van der Waals surface area contributed by atoms with Crippen LogP contribution in [0.15, 0.2) is 6.20 Å². The number of hydrogen-bond donors (Lipinski definition) is 1. The molecule has 84 valence electrons. The van der Waals surface area contributed by atoms with Crippen molar-refractivity contribution in [3.63, 3.8) is 0 Å². The summed E-state index contributed by atoms with van der Waals surface area (Å²) >= 11 is 0. The third-order valence-corrected chi connectivity index (χ3v) is 1.85. The summed E-state index contributed by atoms with van der Waals surface area (Å²) in [4.78, 5) is 2.78. The van der Waals surface area contributed by atoms with Crippen molar-refractivity contribution in [3.8, 4) is 5.75 Å². The van der Waals surface area contributed by atoms with Crippen LogP contribution >= 0.6 is 0 Å². The SMILES string of the molecule is Cc1c(O)cnc(C(F)(F)F)c1C(F)F. The summed E-state index contributed by atoms with van der Waals surface area (Å²) in [6.45, 7) is 0.980. The average Bonchev–Trinajstić information content (AvgIpc) is 2.06. The zero-order chi connectivity index (χ0) is 11.8. The lowest BCUT2D eigenvalue weighted by molar-refractivity contribution is -0.143. The molecule has 0 amide bonds. The van der Waals surface area contributed by atoms with Gasteiger partial charge in [0.2, 0.25) is 0 Å². The minimum atomic E-state index is -4.95. The molecule has 0 spiro atoms. The second-order valence-corrected chi connectivity index (χ2v) is 2.83. The number of aromatic nitrogens is 1. The maximum atomic E-state index is 12.3. The summed E-state index contributed by atoms with van der Waals surface area (Å²) in [6.07, 6.45) is -7.78. The van der Waals surface area contributed by atoms with Crippen LogP contribution in [0.4, 0.5) is 22.0 Å². The molecule has 0 saturated carbocycles. The lowest BCUT2D eigenvalue weighted by Gasteiger charge is -2.14. The molecular formula is C8H6F5NO. The Labute approximate surface area is 81.4 Å². The fourth-order valence-electron chi connectivity index (χ4n) is 1.10. The number of aromatic hydroxyl groups is 1. The third-order valence-electron chi connectivity index (χ3n) is 1.85. The maximum Gasteiger partial charge on any atom is 0.433 e. The predicted octanol–water partition coefficient (Wildman–Crippen LogP) is 3.05. The zero-order valence-corrected chi connectivity index (χ0v) is 7.44. The lowest BCUT2D eigenvalue weighted by atomic mass is 10.1. The Morgan fingerprint density at radius 1 is 1.33 bits per heavy atom. The van der Waals surface area contributed by atoms with Crippen LogP contribution in [0.1, 0.15) is 23.2 Å². The number of halogens is 5. The lowest BCUT2D eigenvalue weighted by Crippen LogP contribution is -2.13. The molecule has 2 nitrogen and oxygen atoms in total. The molecule has 0 atom stereocenters. The molecule has 0 unspecified atom stereocenters. The molecule has 1 aromatic heterocycles. The summed E-state index contributed by atoms with van der Waals surface area (Å²) in [5, 5.41) is 8.98. The van der Waals surface area contributed by atoms with E-state index in [1.54, 1.807) is 0 Å². The van der Waals surface area contributed by atoms with Crippen molar-refractivity contribution in [1.82, 2.24) is 4.98 Å². The first-order chi connectivity index (χ1) is 6.75. The van der Waals surface area contributed by atoms with Gasteiger partial charge >= 0.3 is 6.18 Å². The highest BCUT2D eigenvalue weighted by molar-refractivity contribution is 5.40. The van der Waals surface area contributed by atoms with Crippen LogP contribution in [-0.4, -0.2) is 10.1 Å². The Hall–Kier alpha value is -1.40. The first-order valence-corrected chi connectivity index (χ1v) is 3.79. The number of alkyl halides is 5. The van der Waals surface area contributed by atoms with Gasteiger partial charge in [-0.3, -0.25) is 0 Å². The largest absolute Gasteiger partial charge is 0.506 e. The van der Waals surface area contributed by atoms with Crippen LogP contribution < -0.4 is 0 Å². The van der Waals surface area contributed by atoms with E-state index in [9.17, 15) is 22.0 Å². The molecular weight excluding hydrogens is 221 g/mol. The van der Waals surface area contributed by atoms with E-state index in [0.29, 0.717) is 6.20 Å². The molecule has 0 aromatic carbocycles. The van der Waals surface area contributed by atoms with Crippen molar-refractivity contribution in [2.24, 2.45) is 0 Å². The standard InChI is InChI=1S/C8H6F5NO/c1-3-4(15)2-14-6(8(11,12)13)5(3)7(9)10/h2,7,15H,1H3. The van der Waals surface area contributed by atoms with Gasteiger partial charge < -0.3 is 5.11 Å². The van der Waals surface area contributed by atoms with E-state index in [2.05, 4.69) is 4.98 Å². The molecule has 0 aliphatic carbocycles. The van der Waals surface area contributed by atoms with Crippen molar-refractivity contribution in [3.05, 3.63) is 23.0 Å². The van der Waals surface area contributed by atoms with Crippen molar-refractivity contribution in [2.75, 3.05) is 0 Å². The van der Waals surface area contributed by atoms with E-state index in [-0.39, 0.29) is 0 Å². The van der Waals surface area contributed by atoms with Crippen molar-refractivity contribution < 1.29 is 27.1 Å². The Morgan fingerprint density at radius 3 is 2.27 bits per heavy atom. The molecule has 7 heteroatoms. The van der Waals surface area contributed by atoms with Crippen LogP contribution in [0.5, 0.6) is 5.75 Å². The first-order valence-electron chi connectivity index (χ1n) is 3.79. The summed E-state index contributed by atoms with van der Waals surface area (Å²) < 4.78 is 61.4. The molecule has 0 saturated heterocycles. The Morgan fingerprint density at radius 2 is 1.87 bits per heavy atom. The van der Waals surface area contributed by atoms with Gasteiger partial charge in [0.1, 0.15) is 5.75 Å². The summed E-state index contributed by atoms with van der Waals surface area (Å²) in [5.74, 6) is -0.682. The van der Waals surface area contributed by atoms with Gasteiger partial charge in [0, 0.05) is 5.56 Å². The fourth-order valence-corrected chi connectivity index (χ4v) is 1.10. The van der Waals surface area contributed by atoms with E-state index < -0.39 is 35.2 Å².